The van der Waals surface area contributed by atoms with E-state index in [0.29, 0.717) is 0 Å². The second kappa shape index (κ2) is 3.59. The fourth-order valence-electron chi connectivity index (χ4n) is 0.326. The van der Waals surface area contributed by atoms with Crippen LogP contribution in [0.4, 0.5) is 13.2 Å². The van der Waals surface area contributed by atoms with Crippen molar-refractivity contribution in [2.45, 2.75) is 20.0 Å². The molecule has 0 aliphatic rings. The SMILES string of the molecule is CC(C)C(=N)OCC(F)(F)F. The van der Waals surface area contributed by atoms with Gasteiger partial charge in [-0.25, -0.2) is 0 Å². The number of ether oxygens (including phenoxy) is 1. The van der Waals surface area contributed by atoms with Crippen LogP contribution in [-0.2, 0) is 4.74 Å². The van der Waals surface area contributed by atoms with Crippen molar-refractivity contribution in [1.29, 1.82) is 5.41 Å². The highest BCUT2D eigenvalue weighted by atomic mass is 19.4. The Kier molecular flexibility index (Phi) is 3.35. The molecule has 0 heterocycles. The Morgan fingerprint density at radius 3 is 2.18 bits per heavy atom. The third-order valence-electron chi connectivity index (χ3n) is 0.916. The molecule has 0 aromatic carbocycles. The molecule has 0 aliphatic carbocycles. The van der Waals surface area contributed by atoms with Gasteiger partial charge in [0.05, 0.1) is 0 Å². The molecule has 0 aromatic rings. The maximum Gasteiger partial charge on any atom is 0.422 e. The monoisotopic (exact) mass is 169 g/mol. The smallest absolute Gasteiger partial charge is 0.422 e. The van der Waals surface area contributed by atoms with Crippen molar-refractivity contribution >= 4 is 5.90 Å². The van der Waals surface area contributed by atoms with Crippen molar-refractivity contribution < 1.29 is 17.9 Å². The van der Waals surface area contributed by atoms with E-state index >= 15 is 0 Å². The minimum Gasteiger partial charge on any atom is -0.471 e. The highest BCUT2D eigenvalue weighted by Gasteiger charge is 2.29. The van der Waals surface area contributed by atoms with Crippen LogP contribution in [0.5, 0.6) is 0 Å². The molecule has 0 aliphatic heterocycles. The predicted molar refractivity (Wildman–Crippen MR) is 34.6 cm³/mol. The zero-order chi connectivity index (χ0) is 9.07. The number of hydrogen-bond acceptors (Lipinski definition) is 2. The van der Waals surface area contributed by atoms with Crippen LogP contribution in [0, 0.1) is 11.3 Å². The van der Waals surface area contributed by atoms with Crippen LogP contribution in [0.3, 0.4) is 0 Å². The van der Waals surface area contributed by atoms with Crippen LogP contribution >= 0.6 is 0 Å². The summed E-state index contributed by atoms with van der Waals surface area (Å²) in [5.41, 5.74) is 0. The predicted octanol–water partition coefficient (Wildman–Crippen LogP) is 2.20. The molecule has 11 heavy (non-hydrogen) atoms. The molecular formula is C6H10F3NO. The van der Waals surface area contributed by atoms with E-state index in [1.54, 1.807) is 13.8 Å². The van der Waals surface area contributed by atoms with Crippen molar-refractivity contribution in [3.8, 4) is 0 Å². The van der Waals surface area contributed by atoms with E-state index < -0.39 is 12.8 Å². The van der Waals surface area contributed by atoms with Crippen LogP contribution in [0.1, 0.15) is 13.8 Å². The molecule has 0 radical (unpaired) electrons. The lowest BCUT2D eigenvalue weighted by atomic mass is 10.2. The Morgan fingerprint density at radius 2 is 1.91 bits per heavy atom. The topological polar surface area (TPSA) is 33.1 Å². The molecular weight excluding hydrogens is 159 g/mol. The van der Waals surface area contributed by atoms with E-state index in [1.165, 1.54) is 0 Å². The van der Waals surface area contributed by atoms with Gasteiger partial charge in [-0.1, -0.05) is 13.8 Å². The van der Waals surface area contributed by atoms with Crippen LogP contribution in [0.25, 0.3) is 0 Å². The first-order valence-electron chi connectivity index (χ1n) is 3.11. The molecule has 0 saturated carbocycles. The maximum absolute atomic E-state index is 11.5. The summed E-state index contributed by atoms with van der Waals surface area (Å²) < 4.78 is 38.5. The summed E-state index contributed by atoms with van der Waals surface area (Å²) in [5.74, 6) is -0.625. The van der Waals surface area contributed by atoms with Crippen molar-refractivity contribution in [3.05, 3.63) is 0 Å². The van der Waals surface area contributed by atoms with E-state index in [9.17, 15) is 13.2 Å². The highest BCUT2D eigenvalue weighted by molar-refractivity contribution is 5.74. The summed E-state index contributed by atoms with van der Waals surface area (Å²) in [6.07, 6.45) is -4.35. The molecule has 0 atom stereocenters. The van der Waals surface area contributed by atoms with E-state index in [2.05, 4.69) is 4.74 Å². The molecule has 5 heteroatoms. The maximum atomic E-state index is 11.5. The third-order valence-corrected chi connectivity index (χ3v) is 0.916. The van der Waals surface area contributed by atoms with Gasteiger partial charge < -0.3 is 4.74 Å². The first kappa shape index (κ1) is 10.3. The van der Waals surface area contributed by atoms with Gasteiger partial charge in [-0.15, -0.1) is 0 Å². The van der Waals surface area contributed by atoms with Crippen LogP contribution < -0.4 is 0 Å². The lowest BCUT2D eigenvalue weighted by Gasteiger charge is -2.11. The normalized spacial score (nSPS) is 11.8. The Bertz CT molecular complexity index is 141. The van der Waals surface area contributed by atoms with Gasteiger partial charge in [-0.05, 0) is 0 Å². The minimum absolute atomic E-state index is 0.294. The zero-order valence-corrected chi connectivity index (χ0v) is 6.33. The molecule has 0 unspecified atom stereocenters. The highest BCUT2D eigenvalue weighted by Crippen LogP contribution is 2.15. The largest absolute Gasteiger partial charge is 0.471 e. The lowest BCUT2D eigenvalue weighted by Crippen LogP contribution is -2.22. The number of rotatable bonds is 2. The molecule has 0 bridgehead atoms. The van der Waals surface area contributed by atoms with Crippen molar-refractivity contribution in [2.75, 3.05) is 6.61 Å². The third kappa shape index (κ3) is 5.69. The fourth-order valence-corrected chi connectivity index (χ4v) is 0.326. The molecule has 1 N–H and O–H groups in total. The zero-order valence-electron chi connectivity index (χ0n) is 6.33. The molecule has 2 nitrogen and oxygen atoms in total. The molecule has 66 valence electrons. The van der Waals surface area contributed by atoms with E-state index in [1.807, 2.05) is 0 Å². The number of nitrogens with one attached hydrogen (secondary N) is 1. The van der Waals surface area contributed by atoms with Gasteiger partial charge in [0.15, 0.2) is 12.5 Å². The summed E-state index contributed by atoms with van der Waals surface area (Å²) in [5, 5.41) is 6.90. The Hall–Kier alpha value is -0.740. The van der Waals surface area contributed by atoms with Crippen LogP contribution in [0.2, 0.25) is 0 Å². The first-order chi connectivity index (χ1) is 4.83. The molecule has 0 saturated heterocycles. The quantitative estimate of drug-likeness (QED) is 0.498. The van der Waals surface area contributed by atoms with Gasteiger partial charge in [0, 0.05) is 5.92 Å². The number of hydrogen-bond donors (Lipinski definition) is 1. The Morgan fingerprint density at radius 1 is 1.45 bits per heavy atom. The Labute approximate surface area is 62.9 Å². The standard InChI is InChI=1S/C6H10F3NO/c1-4(2)5(10)11-3-6(7,8)9/h4,10H,3H2,1-2H3. The second-order valence-corrected chi connectivity index (χ2v) is 2.42. The van der Waals surface area contributed by atoms with Crippen LogP contribution in [-0.4, -0.2) is 18.7 Å². The average Bonchev–Trinajstić information content (AvgIpc) is 1.80. The van der Waals surface area contributed by atoms with Gasteiger partial charge >= 0.3 is 6.18 Å². The molecule has 0 fully saturated rings. The van der Waals surface area contributed by atoms with Crippen molar-refractivity contribution in [3.63, 3.8) is 0 Å². The first-order valence-corrected chi connectivity index (χ1v) is 3.11. The molecule has 0 amide bonds. The second-order valence-electron chi connectivity index (χ2n) is 2.42. The summed E-state index contributed by atoms with van der Waals surface area (Å²) in [6.45, 7) is 1.82. The van der Waals surface area contributed by atoms with Crippen molar-refractivity contribution in [2.24, 2.45) is 5.92 Å². The molecule has 0 spiro atoms. The number of halogens is 3. The van der Waals surface area contributed by atoms with Gasteiger partial charge in [0.1, 0.15) is 0 Å². The van der Waals surface area contributed by atoms with Crippen LogP contribution in [0.15, 0.2) is 0 Å². The van der Waals surface area contributed by atoms with E-state index in [4.69, 9.17) is 5.41 Å². The summed E-state index contributed by atoms with van der Waals surface area (Å²) in [7, 11) is 0. The van der Waals surface area contributed by atoms with Gasteiger partial charge in [0.2, 0.25) is 0 Å². The van der Waals surface area contributed by atoms with E-state index in [-0.39, 0.29) is 11.8 Å². The lowest BCUT2D eigenvalue weighted by molar-refractivity contribution is -0.157. The van der Waals surface area contributed by atoms with Gasteiger partial charge in [0.25, 0.3) is 0 Å². The number of alkyl halides is 3. The van der Waals surface area contributed by atoms with E-state index in [0.717, 1.165) is 0 Å². The Balaban J connectivity index is 3.64. The average molecular weight is 169 g/mol. The fraction of sp³-hybridized carbons (Fsp3) is 0.833. The molecule has 0 aromatic heterocycles. The van der Waals surface area contributed by atoms with Gasteiger partial charge in [-0.2, -0.15) is 13.2 Å². The van der Waals surface area contributed by atoms with Crippen molar-refractivity contribution in [1.82, 2.24) is 0 Å². The summed E-state index contributed by atoms with van der Waals surface area (Å²) in [6, 6.07) is 0. The molecule has 0 rings (SSSR count). The van der Waals surface area contributed by atoms with Gasteiger partial charge in [-0.3, -0.25) is 5.41 Å². The minimum atomic E-state index is -4.35. The summed E-state index contributed by atoms with van der Waals surface area (Å²) >= 11 is 0. The summed E-state index contributed by atoms with van der Waals surface area (Å²) in [4.78, 5) is 0.